The number of imide groups is 2. The number of aryl methyl sites for hydroxylation is 2. The molecule has 0 spiro atoms. The second-order valence-electron chi connectivity index (χ2n) is 7.17. The van der Waals surface area contributed by atoms with Crippen molar-refractivity contribution in [2.24, 2.45) is 0 Å². The third kappa shape index (κ3) is 3.73. The third-order valence-corrected chi connectivity index (χ3v) is 5.12. The van der Waals surface area contributed by atoms with Crippen molar-refractivity contribution in [2.75, 3.05) is 11.4 Å². The average Bonchev–Trinajstić information content (AvgIpc) is 3.30. The summed E-state index contributed by atoms with van der Waals surface area (Å²) in [5.41, 5.74) is 2.98. The number of carbonyl (C=O) groups excluding carboxylic acids is 3. The van der Waals surface area contributed by atoms with Gasteiger partial charge >= 0.3 is 6.03 Å². The summed E-state index contributed by atoms with van der Waals surface area (Å²) in [4.78, 5) is 39.9. The molecule has 3 aromatic rings. The van der Waals surface area contributed by atoms with Gasteiger partial charge in [0.1, 0.15) is 12.2 Å². The Bertz CT molecular complexity index is 1080. The van der Waals surface area contributed by atoms with Crippen molar-refractivity contribution < 1.29 is 18.9 Å². The zero-order valence-electron chi connectivity index (χ0n) is 16.7. The molecule has 154 valence electrons. The van der Waals surface area contributed by atoms with Crippen LogP contribution in [0.4, 0.5) is 10.5 Å². The van der Waals surface area contributed by atoms with Gasteiger partial charge in [-0.3, -0.25) is 19.2 Å². The zero-order chi connectivity index (χ0) is 21.3. The minimum Gasteiger partial charge on any atom is -0.361 e. The van der Waals surface area contributed by atoms with Gasteiger partial charge in [-0.25, -0.2) is 9.69 Å². The molecule has 30 heavy (non-hydrogen) atoms. The van der Waals surface area contributed by atoms with Crippen molar-refractivity contribution >= 4 is 23.5 Å². The molecule has 1 aromatic carbocycles. The molecule has 1 fully saturated rings. The van der Waals surface area contributed by atoms with Crippen LogP contribution in [0.2, 0.25) is 0 Å². The maximum atomic E-state index is 13.0. The van der Waals surface area contributed by atoms with Gasteiger partial charge in [-0.05, 0) is 25.8 Å². The number of barbiturate groups is 1. The molecule has 4 amide bonds. The highest BCUT2D eigenvalue weighted by Gasteiger charge is 2.39. The molecular formula is C21H21N5O4. The molecule has 1 saturated heterocycles. The maximum absolute atomic E-state index is 13.0. The lowest BCUT2D eigenvalue weighted by Gasteiger charge is -2.31. The van der Waals surface area contributed by atoms with Gasteiger partial charge in [0.2, 0.25) is 11.8 Å². The van der Waals surface area contributed by atoms with Crippen molar-refractivity contribution in [1.82, 2.24) is 19.8 Å². The molecule has 1 aliphatic rings. The van der Waals surface area contributed by atoms with E-state index < -0.39 is 17.8 Å². The third-order valence-electron chi connectivity index (χ3n) is 5.12. The van der Waals surface area contributed by atoms with E-state index >= 15 is 0 Å². The van der Waals surface area contributed by atoms with E-state index in [0.29, 0.717) is 24.4 Å². The Kier molecular flexibility index (Phi) is 5.18. The zero-order valence-corrected chi connectivity index (χ0v) is 16.7. The van der Waals surface area contributed by atoms with Crippen LogP contribution in [-0.2, 0) is 22.6 Å². The van der Waals surface area contributed by atoms with Crippen molar-refractivity contribution in [3.63, 3.8) is 0 Å². The molecule has 4 rings (SSSR count). The number of rotatable bonds is 6. The SMILES string of the molecule is Cc1noc(C)c1Cn1cc(N2C(=O)CC(=O)N(CCc3ccccc3)C2=O)cn1. The van der Waals surface area contributed by atoms with Gasteiger partial charge in [-0.1, -0.05) is 35.5 Å². The van der Waals surface area contributed by atoms with Gasteiger partial charge in [-0.2, -0.15) is 5.10 Å². The summed E-state index contributed by atoms with van der Waals surface area (Å²) >= 11 is 0. The normalized spacial score (nSPS) is 14.7. The second-order valence-corrected chi connectivity index (χ2v) is 7.17. The van der Waals surface area contributed by atoms with Crippen molar-refractivity contribution in [3.05, 3.63) is 65.3 Å². The highest BCUT2D eigenvalue weighted by atomic mass is 16.5. The summed E-state index contributed by atoms with van der Waals surface area (Å²) in [6.45, 7) is 4.25. The molecule has 9 heteroatoms. The van der Waals surface area contributed by atoms with Gasteiger partial charge in [-0.15, -0.1) is 0 Å². The standard InChI is InChI=1S/C21H21N5O4/c1-14-18(15(2)30-23-14)13-24-12-17(11-22-24)26-20(28)10-19(27)25(21(26)29)9-8-16-6-4-3-5-7-16/h3-7,11-12H,8-10,13H2,1-2H3. The van der Waals surface area contributed by atoms with E-state index in [-0.39, 0.29) is 13.0 Å². The van der Waals surface area contributed by atoms with Crippen LogP contribution in [0.5, 0.6) is 0 Å². The lowest BCUT2D eigenvalue weighted by molar-refractivity contribution is -0.134. The Hall–Kier alpha value is -3.75. The van der Waals surface area contributed by atoms with E-state index in [2.05, 4.69) is 10.3 Å². The number of hydrogen-bond donors (Lipinski definition) is 0. The van der Waals surface area contributed by atoms with E-state index in [1.807, 2.05) is 44.2 Å². The van der Waals surface area contributed by atoms with Crippen LogP contribution in [-0.4, -0.2) is 44.2 Å². The van der Waals surface area contributed by atoms with E-state index in [4.69, 9.17) is 4.52 Å². The number of benzene rings is 1. The highest BCUT2D eigenvalue weighted by molar-refractivity contribution is 6.26. The van der Waals surface area contributed by atoms with E-state index in [0.717, 1.165) is 26.6 Å². The van der Waals surface area contributed by atoms with Crippen LogP contribution in [0.25, 0.3) is 0 Å². The second kappa shape index (κ2) is 7.94. The molecular weight excluding hydrogens is 386 g/mol. The monoisotopic (exact) mass is 407 g/mol. The molecule has 0 radical (unpaired) electrons. The molecule has 0 atom stereocenters. The molecule has 0 aliphatic carbocycles. The fourth-order valence-electron chi connectivity index (χ4n) is 3.44. The van der Waals surface area contributed by atoms with Crippen LogP contribution < -0.4 is 4.90 Å². The molecule has 9 nitrogen and oxygen atoms in total. The van der Waals surface area contributed by atoms with Crippen LogP contribution in [0.15, 0.2) is 47.2 Å². The minimum absolute atomic E-state index is 0.207. The highest BCUT2D eigenvalue weighted by Crippen LogP contribution is 2.23. The van der Waals surface area contributed by atoms with Crippen LogP contribution in [0, 0.1) is 13.8 Å². The quantitative estimate of drug-likeness (QED) is 0.582. The van der Waals surface area contributed by atoms with Crippen LogP contribution in [0.3, 0.4) is 0 Å². The van der Waals surface area contributed by atoms with Gasteiger partial charge in [0.15, 0.2) is 0 Å². The van der Waals surface area contributed by atoms with Crippen LogP contribution in [0.1, 0.15) is 29.0 Å². The first-order valence-corrected chi connectivity index (χ1v) is 9.59. The summed E-state index contributed by atoms with van der Waals surface area (Å²) in [7, 11) is 0. The Labute approximate surface area is 172 Å². The summed E-state index contributed by atoms with van der Waals surface area (Å²) in [6, 6.07) is 8.92. The maximum Gasteiger partial charge on any atom is 0.338 e. The largest absolute Gasteiger partial charge is 0.361 e. The summed E-state index contributed by atoms with van der Waals surface area (Å²) in [5.74, 6) is -0.356. The van der Waals surface area contributed by atoms with E-state index in [9.17, 15) is 14.4 Å². The first kappa shape index (κ1) is 19.6. The van der Waals surface area contributed by atoms with E-state index in [1.165, 1.54) is 6.20 Å². The average molecular weight is 407 g/mol. The topological polar surface area (TPSA) is 102 Å². The number of nitrogens with zero attached hydrogens (tertiary/aromatic N) is 5. The number of urea groups is 1. The van der Waals surface area contributed by atoms with Crippen molar-refractivity contribution in [2.45, 2.75) is 33.2 Å². The number of hydrogen-bond acceptors (Lipinski definition) is 6. The van der Waals surface area contributed by atoms with Crippen LogP contribution >= 0.6 is 0 Å². The fraction of sp³-hybridized carbons (Fsp3) is 0.286. The molecule has 0 bridgehead atoms. The smallest absolute Gasteiger partial charge is 0.338 e. The number of carbonyl (C=O) groups is 3. The summed E-state index contributed by atoms with van der Waals surface area (Å²) in [6.07, 6.45) is 3.22. The van der Waals surface area contributed by atoms with E-state index in [1.54, 1.807) is 10.9 Å². The Balaban J connectivity index is 1.51. The number of amides is 4. The Morgan fingerprint density at radius 3 is 2.53 bits per heavy atom. The number of anilines is 1. The molecule has 0 N–H and O–H groups in total. The minimum atomic E-state index is -0.649. The van der Waals surface area contributed by atoms with Gasteiger partial charge in [0, 0.05) is 18.3 Å². The van der Waals surface area contributed by atoms with Crippen molar-refractivity contribution in [1.29, 1.82) is 0 Å². The predicted octanol–water partition coefficient (Wildman–Crippen LogP) is 2.46. The Morgan fingerprint density at radius 2 is 1.83 bits per heavy atom. The van der Waals surface area contributed by atoms with Gasteiger partial charge in [0.05, 0.1) is 24.1 Å². The molecule has 0 saturated carbocycles. The van der Waals surface area contributed by atoms with Gasteiger partial charge < -0.3 is 4.52 Å². The first-order valence-electron chi connectivity index (χ1n) is 9.59. The molecule has 1 aliphatic heterocycles. The predicted molar refractivity (Wildman–Crippen MR) is 107 cm³/mol. The van der Waals surface area contributed by atoms with Gasteiger partial charge in [0.25, 0.3) is 0 Å². The number of aromatic nitrogens is 3. The lowest BCUT2D eigenvalue weighted by atomic mass is 10.1. The van der Waals surface area contributed by atoms with Crippen molar-refractivity contribution in [3.8, 4) is 0 Å². The fourth-order valence-corrected chi connectivity index (χ4v) is 3.44. The Morgan fingerprint density at radius 1 is 1.07 bits per heavy atom. The summed E-state index contributed by atoms with van der Waals surface area (Å²) in [5, 5.41) is 8.17. The summed E-state index contributed by atoms with van der Waals surface area (Å²) < 4.78 is 6.76. The molecule has 3 heterocycles. The first-order chi connectivity index (χ1) is 14.4. The molecule has 0 unspecified atom stereocenters. The lowest BCUT2D eigenvalue weighted by Crippen LogP contribution is -2.55. The molecule has 2 aromatic heterocycles.